The zero-order valence-corrected chi connectivity index (χ0v) is 21.4. The van der Waals surface area contributed by atoms with E-state index in [2.05, 4.69) is 20.5 Å². The molecule has 1 aromatic rings. The van der Waals surface area contributed by atoms with Gasteiger partial charge in [0, 0.05) is 44.7 Å². The molecule has 10 heteroatoms. The van der Waals surface area contributed by atoms with Crippen molar-refractivity contribution in [3.05, 3.63) is 23.8 Å². The number of hydrogen-bond donors (Lipinski definition) is 2. The molecular formula is C22H35F2IN4O3. The number of rotatable bonds is 10. The second kappa shape index (κ2) is 15.1. The van der Waals surface area contributed by atoms with Crippen LogP contribution in [0.1, 0.15) is 45.1 Å². The molecule has 32 heavy (non-hydrogen) atoms. The molecule has 1 aliphatic rings. The van der Waals surface area contributed by atoms with Crippen LogP contribution in [0.25, 0.3) is 0 Å². The Morgan fingerprint density at radius 2 is 2.00 bits per heavy atom. The van der Waals surface area contributed by atoms with Gasteiger partial charge in [0.2, 0.25) is 5.91 Å². The van der Waals surface area contributed by atoms with Crippen LogP contribution >= 0.6 is 24.0 Å². The van der Waals surface area contributed by atoms with Crippen LogP contribution in [0.15, 0.2) is 23.2 Å². The lowest BCUT2D eigenvalue weighted by atomic mass is 9.93. The number of hydrogen-bond acceptors (Lipinski definition) is 4. The summed E-state index contributed by atoms with van der Waals surface area (Å²) in [5.41, 5.74) is 0.564. The van der Waals surface area contributed by atoms with Gasteiger partial charge in [-0.2, -0.15) is 8.78 Å². The number of halogens is 3. The molecule has 0 unspecified atom stereocenters. The Hall–Kier alpha value is -1.85. The molecule has 0 saturated carbocycles. The van der Waals surface area contributed by atoms with Gasteiger partial charge in [-0.05, 0) is 44.2 Å². The standard InChI is InChI=1S/C22H34F2N4O3.HI/c1-4-12-30-18-7-6-17(19(14-18)31-21(23)24)15-27-22(26-5-2)28-10-8-16(9-11-28)13-20(29)25-3;/h6-7,14,16,21H,4-5,8-13,15H2,1-3H3,(H,25,29)(H,26,27);1H. The van der Waals surface area contributed by atoms with E-state index in [1.807, 2.05) is 13.8 Å². The van der Waals surface area contributed by atoms with Crippen molar-refractivity contribution in [3.8, 4) is 11.5 Å². The fourth-order valence-corrected chi connectivity index (χ4v) is 3.48. The van der Waals surface area contributed by atoms with E-state index in [9.17, 15) is 13.6 Å². The number of aliphatic imine (C=N–C) groups is 1. The Morgan fingerprint density at radius 3 is 2.59 bits per heavy atom. The summed E-state index contributed by atoms with van der Waals surface area (Å²) in [7, 11) is 1.65. The first-order chi connectivity index (χ1) is 15.0. The van der Waals surface area contributed by atoms with Gasteiger partial charge in [-0.3, -0.25) is 4.79 Å². The topological polar surface area (TPSA) is 75.2 Å². The molecule has 2 N–H and O–H groups in total. The monoisotopic (exact) mass is 568 g/mol. The van der Waals surface area contributed by atoms with Crippen LogP contribution in [-0.2, 0) is 11.3 Å². The highest BCUT2D eigenvalue weighted by atomic mass is 127. The Morgan fingerprint density at radius 1 is 1.28 bits per heavy atom. The van der Waals surface area contributed by atoms with E-state index < -0.39 is 6.61 Å². The number of nitrogens with zero attached hydrogens (tertiary/aromatic N) is 2. The van der Waals surface area contributed by atoms with E-state index in [0.29, 0.717) is 36.8 Å². The summed E-state index contributed by atoms with van der Waals surface area (Å²) in [6.45, 7) is 4.03. The van der Waals surface area contributed by atoms with Crippen molar-refractivity contribution in [2.75, 3.05) is 33.3 Å². The van der Waals surface area contributed by atoms with Crippen molar-refractivity contribution in [2.24, 2.45) is 10.9 Å². The minimum Gasteiger partial charge on any atom is -0.493 e. The van der Waals surface area contributed by atoms with Gasteiger partial charge in [0.15, 0.2) is 5.96 Å². The Labute approximate surface area is 206 Å². The number of nitrogens with one attached hydrogen (secondary N) is 2. The van der Waals surface area contributed by atoms with Crippen molar-refractivity contribution in [3.63, 3.8) is 0 Å². The number of benzene rings is 1. The molecule has 1 fully saturated rings. The van der Waals surface area contributed by atoms with Gasteiger partial charge >= 0.3 is 6.61 Å². The van der Waals surface area contributed by atoms with Crippen LogP contribution in [0.4, 0.5) is 8.78 Å². The third-order valence-corrected chi connectivity index (χ3v) is 5.13. The third-order valence-electron chi connectivity index (χ3n) is 5.13. The van der Waals surface area contributed by atoms with Gasteiger partial charge in [0.05, 0.1) is 13.2 Å². The largest absolute Gasteiger partial charge is 0.493 e. The molecule has 0 aromatic heterocycles. The van der Waals surface area contributed by atoms with Gasteiger partial charge in [-0.15, -0.1) is 24.0 Å². The van der Waals surface area contributed by atoms with E-state index in [-0.39, 0.29) is 42.2 Å². The quantitative estimate of drug-likeness (QED) is 0.254. The van der Waals surface area contributed by atoms with Crippen molar-refractivity contribution in [1.29, 1.82) is 0 Å². The molecule has 1 amide bonds. The third kappa shape index (κ3) is 9.33. The number of carbonyl (C=O) groups excluding carboxylic acids is 1. The Balaban J connectivity index is 0.00000512. The van der Waals surface area contributed by atoms with Crippen molar-refractivity contribution in [1.82, 2.24) is 15.5 Å². The fourth-order valence-electron chi connectivity index (χ4n) is 3.48. The van der Waals surface area contributed by atoms with Crippen LogP contribution in [0.3, 0.4) is 0 Å². The summed E-state index contributed by atoms with van der Waals surface area (Å²) in [5.74, 6) is 1.73. The van der Waals surface area contributed by atoms with E-state index in [1.54, 1.807) is 19.2 Å². The molecule has 0 spiro atoms. The molecule has 0 aliphatic carbocycles. The number of alkyl halides is 2. The van der Waals surface area contributed by atoms with E-state index in [1.165, 1.54) is 6.07 Å². The highest BCUT2D eigenvalue weighted by molar-refractivity contribution is 14.0. The summed E-state index contributed by atoms with van der Waals surface area (Å²) in [6, 6.07) is 4.95. The summed E-state index contributed by atoms with van der Waals surface area (Å²) in [4.78, 5) is 18.4. The maximum Gasteiger partial charge on any atom is 0.387 e. The summed E-state index contributed by atoms with van der Waals surface area (Å²) in [5, 5.41) is 5.95. The number of piperidine rings is 1. The molecule has 1 aromatic carbocycles. The number of amides is 1. The molecule has 0 radical (unpaired) electrons. The van der Waals surface area contributed by atoms with Gasteiger partial charge in [0.25, 0.3) is 0 Å². The summed E-state index contributed by atoms with van der Waals surface area (Å²) >= 11 is 0. The van der Waals surface area contributed by atoms with Crippen LogP contribution < -0.4 is 20.1 Å². The highest BCUT2D eigenvalue weighted by Gasteiger charge is 2.23. The first kappa shape index (κ1) is 28.2. The molecule has 0 bridgehead atoms. The molecule has 1 saturated heterocycles. The second-order valence-corrected chi connectivity index (χ2v) is 7.47. The molecule has 7 nitrogen and oxygen atoms in total. The lowest BCUT2D eigenvalue weighted by molar-refractivity contribution is -0.121. The first-order valence-corrected chi connectivity index (χ1v) is 10.9. The summed E-state index contributed by atoms with van der Waals surface area (Å²) < 4.78 is 36.0. The van der Waals surface area contributed by atoms with Crippen LogP contribution in [0.2, 0.25) is 0 Å². The van der Waals surface area contributed by atoms with E-state index in [0.717, 1.165) is 38.3 Å². The van der Waals surface area contributed by atoms with Crippen molar-refractivity contribution >= 4 is 35.8 Å². The molecule has 2 rings (SSSR count). The van der Waals surface area contributed by atoms with Crippen molar-refractivity contribution < 1.29 is 23.0 Å². The average Bonchev–Trinajstić information content (AvgIpc) is 2.76. The minimum atomic E-state index is -2.92. The van der Waals surface area contributed by atoms with Crippen LogP contribution in [-0.4, -0.2) is 56.7 Å². The fraction of sp³-hybridized carbons (Fsp3) is 0.636. The number of ether oxygens (including phenoxy) is 2. The van der Waals surface area contributed by atoms with E-state index in [4.69, 9.17) is 9.47 Å². The predicted octanol–water partition coefficient (Wildman–Crippen LogP) is 4.01. The number of likely N-dealkylation sites (tertiary alicyclic amines) is 1. The molecule has 0 atom stereocenters. The van der Waals surface area contributed by atoms with E-state index >= 15 is 0 Å². The second-order valence-electron chi connectivity index (χ2n) is 7.47. The lowest BCUT2D eigenvalue weighted by Gasteiger charge is -2.34. The van der Waals surface area contributed by atoms with Gasteiger partial charge in [-0.1, -0.05) is 6.92 Å². The van der Waals surface area contributed by atoms with Crippen LogP contribution in [0, 0.1) is 5.92 Å². The zero-order valence-electron chi connectivity index (χ0n) is 19.0. The molecule has 1 aliphatic heterocycles. The minimum absolute atomic E-state index is 0. The first-order valence-electron chi connectivity index (χ1n) is 10.9. The Kier molecular flexibility index (Phi) is 13.3. The molecular weight excluding hydrogens is 533 g/mol. The summed E-state index contributed by atoms with van der Waals surface area (Å²) in [6.07, 6.45) is 3.17. The lowest BCUT2D eigenvalue weighted by Crippen LogP contribution is -2.46. The average molecular weight is 568 g/mol. The van der Waals surface area contributed by atoms with Gasteiger partial charge in [0.1, 0.15) is 11.5 Å². The molecule has 1 heterocycles. The van der Waals surface area contributed by atoms with Crippen molar-refractivity contribution in [2.45, 2.75) is 52.7 Å². The maximum absolute atomic E-state index is 12.9. The smallest absolute Gasteiger partial charge is 0.387 e. The van der Waals surface area contributed by atoms with Gasteiger partial charge in [-0.25, -0.2) is 4.99 Å². The normalized spacial score (nSPS) is 14.7. The number of carbonyl (C=O) groups is 1. The molecule has 182 valence electrons. The number of guanidine groups is 1. The SMILES string of the molecule is CCCOc1ccc(CN=C(NCC)N2CCC(CC(=O)NC)CC2)c(OC(F)F)c1.I. The predicted molar refractivity (Wildman–Crippen MR) is 132 cm³/mol. The van der Waals surface area contributed by atoms with Gasteiger partial charge < -0.3 is 25.0 Å². The zero-order chi connectivity index (χ0) is 22.6. The Bertz CT molecular complexity index is 729. The maximum atomic E-state index is 12.9. The highest BCUT2D eigenvalue weighted by Crippen LogP contribution is 2.28. The van der Waals surface area contributed by atoms with Crippen LogP contribution in [0.5, 0.6) is 11.5 Å².